The zero-order valence-electron chi connectivity index (χ0n) is 10.7. The Hall–Kier alpha value is -0.610. The van der Waals surface area contributed by atoms with Gasteiger partial charge in [-0.3, -0.25) is 4.79 Å². The molecular formula is C12H24N2O2. The molecule has 1 aliphatic heterocycles. The fourth-order valence-corrected chi connectivity index (χ4v) is 2.08. The van der Waals surface area contributed by atoms with Crippen LogP contribution in [-0.2, 0) is 9.53 Å². The van der Waals surface area contributed by atoms with Gasteiger partial charge in [0, 0.05) is 19.7 Å². The second-order valence-electron chi connectivity index (χ2n) is 4.62. The summed E-state index contributed by atoms with van der Waals surface area (Å²) in [7, 11) is 1.67. The zero-order valence-corrected chi connectivity index (χ0v) is 10.7. The van der Waals surface area contributed by atoms with Gasteiger partial charge in [0.15, 0.2) is 0 Å². The normalized spacial score (nSPS) is 21.1. The number of nitrogens with zero attached hydrogens (tertiary/aromatic N) is 1. The van der Waals surface area contributed by atoms with E-state index < -0.39 is 0 Å². The molecule has 0 radical (unpaired) electrons. The SMILES string of the molecule is COCCN(C(=O)[C@@H]1CCCCN1)C(C)C. The molecule has 4 nitrogen and oxygen atoms in total. The number of piperidine rings is 1. The van der Waals surface area contributed by atoms with Gasteiger partial charge in [-0.15, -0.1) is 0 Å². The molecule has 1 N–H and O–H groups in total. The van der Waals surface area contributed by atoms with Gasteiger partial charge in [-0.05, 0) is 33.2 Å². The van der Waals surface area contributed by atoms with Crippen molar-refractivity contribution < 1.29 is 9.53 Å². The van der Waals surface area contributed by atoms with E-state index in [4.69, 9.17) is 4.74 Å². The smallest absolute Gasteiger partial charge is 0.240 e. The van der Waals surface area contributed by atoms with Gasteiger partial charge in [-0.1, -0.05) is 6.42 Å². The third-order valence-corrected chi connectivity index (χ3v) is 3.05. The fourth-order valence-electron chi connectivity index (χ4n) is 2.08. The summed E-state index contributed by atoms with van der Waals surface area (Å²) in [6, 6.07) is 0.263. The van der Waals surface area contributed by atoms with E-state index in [9.17, 15) is 4.79 Å². The first-order chi connectivity index (χ1) is 7.66. The van der Waals surface area contributed by atoms with Crippen LogP contribution in [0.3, 0.4) is 0 Å². The second-order valence-corrected chi connectivity index (χ2v) is 4.62. The lowest BCUT2D eigenvalue weighted by atomic mass is 10.0. The predicted octanol–water partition coefficient (Wildman–Crippen LogP) is 1.01. The summed E-state index contributed by atoms with van der Waals surface area (Å²) in [6.45, 7) is 6.36. The van der Waals surface area contributed by atoms with E-state index in [1.165, 1.54) is 6.42 Å². The molecule has 0 aromatic carbocycles. The number of amides is 1. The number of ether oxygens (including phenoxy) is 1. The zero-order chi connectivity index (χ0) is 12.0. The highest BCUT2D eigenvalue weighted by Crippen LogP contribution is 2.11. The Morgan fingerprint density at radius 2 is 2.25 bits per heavy atom. The second kappa shape index (κ2) is 6.86. The van der Waals surface area contributed by atoms with Crippen LogP contribution in [0.2, 0.25) is 0 Å². The third-order valence-electron chi connectivity index (χ3n) is 3.05. The molecule has 0 unspecified atom stereocenters. The Kier molecular flexibility index (Phi) is 5.77. The van der Waals surface area contributed by atoms with Crippen molar-refractivity contribution in [2.45, 2.75) is 45.2 Å². The average molecular weight is 228 g/mol. The van der Waals surface area contributed by atoms with E-state index in [-0.39, 0.29) is 18.0 Å². The van der Waals surface area contributed by atoms with Gasteiger partial charge in [-0.25, -0.2) is 0 Å². The van der Waals surface area contributed by atoms with Crippen LogP contribution in [0.5, 0.6) is 0 Å². The van der Waals surface area contributed by atoms with Gasteiger partial charge in [-0.2, -0.15) is 0 Å². The van der Waals surface area contributed by atoms with Crippen LogP contribution in [0.25, 0.3) is 0 Å². The van der Waals surface area contributed by atoms with E-state index in [0.29, 0.717) is 13.2 Å². The topological polar surface area (TPSA) is 41.6 Å². The number of hydrogen-bond acceptors (Lipinski definition) is 3. The molecule has 0 bridgehead atoms. The Morgan fingerprint density at radius 3 is 2.75 bits per heavy atom. The molecule has 0 aromatic rings. The summed E-state index contributed by atoms with van der Waals surface area (Å²) in [5.41, 5.74) is 0. The average Bonchev–Trinajstić information content (AvgIpc) is 2.30. The third kappa shape index (κ3) is 3.76. The molecule has 0 saturated carbocycles. The minimum absolute atomic E-state index is 0.0213. The maximum absolute atomic E-state index is 12.3. The van der Waals surface area contributed by atoms with Crippen molar-refractivity contribution in [1.82, 2.24) is 10.2 Å². The fraction of sp³-hybridized carbons (Fsp3) is 0.917. The number of hydrogen-bond donors (Lipinski definition) is 1. The Bertz CT molecular complexity index is 213. The molecule has 16 heavy (non-hydrogen) atoms. The molecule has 1 atom stereocenters. The van der Waals surface area contributed by atoms with E-state index in [0.717, 1.165) is 19.4 Å². The Balaban J connectivity index is 2.51. The molecule has 1 saturated heterocycles. The number of nitrogens with one attached hydrogen (secondary N) is 1. The van der Waals surface area contributed by atoms with Gasteiger partial charge < -0.3 is 15.0 Å². The highest BCUT2D eigenvalue weighted by atomic mass is 16.5. The molecule has 1 amide bonds. The lowest BCUT2D eigenvalue weighted by Gasteiger charge is -2.32. The molecule has 0 aromatic heterocycles. The van der Waals surface area contributed by atoms with Crippen LogP contribution in [0.4, 0.5) is 0 Å². The molecule has 1 heterocycles. The molecular weight excluding hydrogens is 204 g/mol. The molecule has 1 fully saturated rings. The molecule has 0 spiro atoms. The van der Waals surface area contributed by atoms with E-state index in [1.54, 1.807) is 7.11 Å². The van der Waals surface area contributed by atoms with Gasteiger partial charge in [0.05, 0.1) is 12.6 Å². The standard InChI is InChI=1S/C12H24N2O2/c1-10(2)14(8-9-16-3)12(15)11-6-4-5-7-13-11/h10-11,13H,4-9H2,1-3H3/t11-/m0/s1. The van der Waals surface area contributed by atoms with Crippen LogP contribution in [-0.4, -0.2) is 49.7 Å². The maximum Gasteiger partial charge on any atom is 0.240 e. The molecule has 1 rings (SSSR count). The molecule has 0 aliphatic carbocycles. The van der Waals surface area contributed by atoms with Crippen molar-refractivity contribution in [2.24, 2.45) is 0 Å². The van der Waals surface area contributed by atoms with Crippen molar-refractivity contribution >= 4 is 5.91 Å². The van der Waals surface area contributed by atoms with Crippen molar-refractivity contribution in [3.05, 3.63) is 0 Å². The van der Waals surface area contributed by atoms with Gasteiger partial charge in [0.25, 0.3) is 0 Å². The minimum atomic E-state index is 0.0213. The monoisotopic (exact) mass is 228 g/mol. The highest BCUT2D eigenvalue weighted by molar-refractivity contribution is 5.82. The van der Waals surface area contributed by atoms with Crippen molar-refractivity contribution in [2.75, 3.05) is 26.8 Å². The van der Waals surface area contributed by atoms with Crippen LogP contribution in [0.15, 0.2) is 0 Å². The van der Waals surface area contributed by atoms with Crippen molar-refractivity contribution in [3.8, 4) is 0 Å². The van der Waals surface area contributed by atoms with Crippen LogP contribution >= 0.6 is 0 Å². The van der Waals surface area contributed by atoms with Crippen LogP contribution < -0.4 is 5.32 Å². The lowest BCUT2D eigenvalue weighted by Crippen LogP contribution is -2.51. The number of rotatable bonds is 5. The van der Waals surface area contributed by atoms with Crippen molar-refractivity contribution in [3.63, 3.8) is 0 Å². The summed E-state index contributed by atoms with van der Waals surface area (Å²) < 4.78 is 5.05. The van der Waals surface area contributed by atoms with E-state index >= 15 is 0 Å². The first-order valence-electron chi connectivity index (χ1n) is 6.19. The summed E-state index contributed by atoms with van der Waals surface area (Å²) >= 11 is 0. The van der Waals surface area contributed by atoms with Gasteiger partial charge in [0.2, 0.25) is 5.91 Å². The summed E-state index contributed by atoms with van der Waals surface area (Å²) in [5.74, 6) is 0.228. The van der Waals surface area contributed by atoms with Gasteiger partial charge in [0.1, 0.15) is 0 Å². The lowest BCUT2D eigenvalue weighted by molar-refractivity contribution is -0.136. The number of carbonyl (C=O) groups is 1. The van der Waals surface area contributed by atoms with E-state index in [1.807, 2.05) is 4.90 Å². The Morgan fingerprint density at radius 1 is 1.50 bits per heavy atom. The minimum Gasteiger partial charge on any atom is -0.383 e. The largest absolute Gasteiger partial charge is 0.383 e. The summed E-state index contributed by atoms with van der Waals surface area (Å²) in [5, 5.41) is 3.30. The summed E-state index contributed by atoms with van der Waals surface area (Å²) in [4.78, 5) is 14.2. The van der Waals surface area contributed by atoms with Crippen LogP contribution in [0, 0.1) is 0 Å². The molecule has 4 heteroatoms. The van der Waals surface area contributed by atoms with Crippen molar-refractivity contribution in [1.29, 1.82) is 0 Å². The van der Waals surface area contributed by atoms with Crippen LogP contribution in [0.1, 0.15) is 33.1 Å². The van der Waals surface area contributed by atoms with E-state index in [2.05, 4.69) is 19.2 Å². The maximum atomic E-state index is 12.3. The summed E-state index contributed by atoms with van der Waals surface area (Å²) in [6.07, 6.45) is 3.30. The predicted molar refractivity (Wildman–Crippen MR) is 64.4 cm³/mol. The number of carbonyl (C=O) groups excluding carboxylic acids is 1. The van der Waals surface area contributed by atoms with Gasteiger partial charge >= 0.3 is 0 Å². The highest BCUT2D eigenvalue weighted by Gasteiger charge is 2.26. The first-order valence-corrected chi connectivity index (χ1v) is 6.19. The number of methoxy groups -OCH3 is 1. The first kappa shape index (κ1) is 13.5. The Labute approximate surface area is 98.3 Å². The molecule has 94 valence electrons. The molecule has 1 aliphatic rings. The quantitative estimate of drug-likeness (QED) is 0.763.